The highest BCUT2D eigenvalue weighted by molar-refractivity contribution is 5.96. The van der Waals surface area contributed by atoms with Crippen molar-refractivity contribution in [1.29, 1.82) is 0 Å². The van der Waals surface area contributed by atoms with E-state index in [1.165, 1.54) is 0 Å². The van der Waals surface area contributed by atoms with Crippen molar-refractivity contribution in [2.45, 2.75) is 34.6 Å². The van der Waals surface area contributed by atoms with Gasteiger partial charge in [0, 0.05) is 5.92 Å². The molecule has 0 aliphatic rings. The number of allylic oxidation sites excluding steroid dienone is 4. The Kier molecular flexibility index (Phi) is 4.57. The maximum atomic E-state index is 11.4. The first-order valence-corrected chi connectivity index (χ1v) is 4.34. The first-order chi connectivity index (χ1) is 5.49. The van der Waals surface area contributed by atoms with Gasteiger partial charge in [-0.25, -0.2) is 0 Å². The summed E-state index contributed by atoms with van der Waals surface area (Å²) in [5.74, 6) is 0.335. The number of hydrogen-bond donors (Lipinski definition) is 0. The summed E-state index contributed by atoms with van der Waals surface area (Å²) in [7, 11) is 0. The fourth-order valence-electron chi connectivity index (χ4n) is 0.951. The predicted octanol–water partition coefficient (Wildman–Crippen LogP) is 3.12. The van der Waals surface area contributed by atoms with Crippen LogP contribution in [0.15, 0.2) is 23.3 Å². The molecular formula is C11H18O. The first kappa shape index (κ1) is 11.2. The summed E-state index contributed by atoms with van der Waals surface area (Å²) < 4.78 is 0. The van der Waals surface area contributed by atoms with Crippen LogP contribution in [0.4, 0.5) is 0 Å². The Morgan fingerprint density at radius 1 is 1.25 bits per heavy atom. The monoisotopic (exact) mass is 166 g/mol. The van der Waals surface area contributed by atoms with Crippen LogP contribution < -0.4 is 0 Å². The van der Waals surface area contributed by atoms with Crippen LogP contribution in [-0.4, -0.2) is 5.78 Å². The molecule has 68 valence electrons. The third kappa shape index (κ3) is 3.51. The molecule has 12 heavy (non-hydrogen) atoms. The van der Waals surface area contributed by atoms with Crippen molar-refractivity contribution in [2.75, 3.05) is 0 Å². The standard InChI is InChI=1S/C11H18O/c1-6-9(4)7-10(5)11(12)8(2)3/h6-8H,1-5H3/b9-6+,10-7+. The lowest BCUT2D eigenvalue weighted by molar-refractivity contribution is -0.118. The third-order valence-corrected chi connectivity index (χ3v) is 1.81. The summed E-state index contributed by atoms with van der Waals surface area (Å²) in [6.07, 6.45) is 3.93. The minimum absolute atomic E-state index is 0.103. The minimum atomic E-state index is 0.103. The van der Waals surface area contributed by atoms with E-state index in [9.17, 15) is 4.79 Å². The molecule has 0 radical (unpaired) electrons. The Bertz CT molecular complexity index is 219. The Morgan fingerprint density at radius 3 is 2.08 bits per heavy atom. The number of hydrogen-bond acceptors (Lipinski definition) is 1. The normalized spacial score (nSPS) is 13.8. The lowest BCUT2D eigenvalue weighted by Crippen LogP contribution is -2.07. The van der Waals surface area contributed by atoms with Gasteiger partial charge in [0.05, 0.1) is 0 Å². The van der Waals surface area contributed by atoms with Gasteiger partial charge in [-0.2, -0.15) is 0 Å². The van der Waals surface area contributed by atoms with Crippen molar-refractivity contribution in [3.05, 3.63) is 23.3 Å². The summed E-state index contributed by atoms with van der Waals surface area (Å²) in [6, 6.07) is 0. The number of rotatable bonds is 3. The average molecular weight is 166 g/mol. The smallest absolute Gasteiger partial charge is 0.161 e. The molecule has 0 aliphatic carbocycles. The maximum Gasteiger partial charge on any atom is 0.161 e. The molecule has 0 aromatic rings. The summed E-state index contributed by atoms with van der Waals surface area (Å²) in [5.41, 5.74) is 1.99. The van der Waals surface area contributed by atoms with Crippen molar-refractivity contribution in [1.82, 2.24) is 0 Å². The van der Waals surface area contributed by atoms with Gasteiger partial charge in [-0.3, -0.25) is 4.79 Å². The van der Waals surface area contributed by atoms with E-state index in [-0.39, 0.29) is 11.7 Å². The minimum Gasteiger partial charge on any atom is -0.294 e. The van der Waals surface area contributed by atoms with Crippen molar-refractivity contribution in [2.24, 2.45) is 5.92 Å². The highest BCUT2D eigenvalue weighted by atomic mass is 16.1. The zero-order chi connectivity index (χ0) is 9.72. The molecule has 0 unspecified atom stereocenters. The second-order valence-electron chi connectivity index (χ2n) is 3.38. The Morgan fingerprint density at radius 2 is 1.75 bits per heavy atom. The highest BCUT2D eigenvalue weighted by Crippen LogP contribution is 2.08. The molecule has 0 aliphatic heterocycles. The van der Waals surface area contributed by atoms with Crippen LogP contribution in [0.1, 0.15) is 34.6 Å². The molecule has 1 nitrogen and oxygen atoms in total. The van der Waals surface area contributed by atoms with Gasteiger partial charge in [0.1, 0.15) is 0 Å². The summed E-state index contributed by atoms with van der Waals surface area (Å²) in [5, 5.41) is 0. The van der Waals surface area contributed by atoms with Gasteiger partial charge in [-0.1, -0.05) is 31.6 Å². The van der Waals surface area contributed by atoms with Gasteiger partial charge in [0.25, 0.3) is 0 Å². The predicted molar refractivity (Wildman–Crippen MR) is 53.0 cm³/mol. The molecule has 0 aromatic heterocycles. The molecule has 0 atom stereocenters. The van der Waals surface area contributed by atoms with E-state index in [0.717, 1.165) is 11.1 Å². The van der Waals surface area contributed by atoms with Crippen molar-refractivity contribution in [3.8, 4) is 0 Å². The molecule has 0 amide bonds. The Hall–Kier alpha value is -0.850. The number of carbonyl (C=O) groups excluding carboxylic acids is 1. The number of carbonyl (C=O) groups is 1. The lowest BCUT2D eigenvalue weighted by atomic mass is 10.0. The highest BCUT2D eigenvalue weighted by Gasteiger charge is 2.08. The number of Topliss-reactive ketones (excluding diaryl/α,β-unsaturated/α-hetero) is 1. The number of ketones is 1. The third-order valence-electron chi connectivity index (χ3n) is 1.81. The average Bonchev–Trinajstić information content (AvgIpc) is 2.02. The molecule has 0 fully saturated rings. The van der Waals surface area contributed by atoms with E-state index in [2.05, 4.69) is 0 Å². The van der Waals surface area contributed by atoms with Crippen LogP contribution in [0.25, 0.3) is 0 Å². The Labute approximate surface area is 75.2 Å². The summed E-state index contributed by atoms with van der Waals surface area (Å²) >= 11 is 0. The molecule has 0 aromatic carbocycles. The van der Waals surface area contributed by atoms with Gasteiger partial charge in [0.2, 0.25) is 0 Å². The van der Waals surface area contributed by atoms with Crippen molar-refractivity contribution in [3.63, 3.8) is 0 Å². The van der Waals surface area contributed by atoms with Crippen molar-refractivity contribution < 1.29 is 4.79 Å². The fraction of sp³-hybridized carbons (Fsp3) is 0.545. The molecule has 0 saturated carbocycles. The molecule has 0 N–H and O–H groups in total. The SMILES string of the molecule is C/C=C(C)/C=C(\C)C(=O)C(C)C. The molecule has 0 bridgehead atoms. The van der Waals surface area contributed by atoms with Gasteiger partial charge >= 0.3 is 0 Å². The van der Waals surface area contributed by atoms with Gasteiger partial charge < -0.3 is 0 Å². The van der Waals surface area contributed by atoms with Crippen LogP contribution in [-0.2, 0) is 4.79 Å². The lowest BCUT2D eigenvalue weighted by Gasteiger charge is -2.03. The van der Waals surface area contributed by atoms with E-state index < -0.39 is 0 Å². The van der Waals surface area contributed by atoms with E-state index >= 15 is 0 Å². The summed E-state index contributed by atoms with van der Waals surface area (Å²) in [4.78, 5) is 11.4. The summed E-state index contributed by atoms with van der Waals surface area (Å²) in [6.45, 7) is 9.68. The topological polar surface area (TPSA) is 17.1 Å². The second kappa shape index (κ2) is 4.91. The molecule has 0 rings (SSSR count). The molecule has 1 heteroatoms. The second-order valence-corrected chi connectivity index (χ2v) is 3.38. The van der Waals surface area contributed by atoms with Gasteiger partial charge in [-0.05, 0) is 26.3 Å². The quantitative estimate of drug-likeness (QED) is 0.465. The van der Waals surface area contributed by atoms with Crippen molar-refractivity contribution >= 4 is 5.78 Å². The van der Waals surface area contributed by atoms with E-state index in [1.54, 1.807) is 0 Å². The maximum absolute atomic E-state index is 11.4. The van der Waals surface area contributed by atoms with Crippen LogP contribution >= 0.6 is 0 Å². The van der Waals surface area contributed by atoms with Crippen LogP contribution in [0.3, 0.4) is 0 Å². The van der Waals surface area contributed by atoms with Crippen LogP contribution in [0, 0.1) is 5.92 Å². The van der Waals surface area contributed by atoms with Crippen LogP contribution in [0.5, 0.6) is 0 Å². The Balaban J connectivity index is 4.49. The van der Waals surface area contributed by atoms with E-state index in [1.807, 2.05) is 46.8 Å². The van der Waals surface area contributed by atoms with E-state index in [4.69, 9.17) is 0 Å². The largest absolute Gasteiger partial charge is 0.294 e. The zero-order valence-electron chi connectivity index (χ0n) is 8.64. The first-order valence-electron chi connectivity index (χ1n) is 4.34. The van der Waals surface area contributed by atoms with E-state index in [0.29, 0.717) is 0 Å². The molecule has 0 saturated heterocycles. The van der Waals surface area contributed by atoms with Crippen LogP contribution in [0.2, 0.25) is 0 Å². The molecule has 0 spiro atoms. The van der Waals surface area contributed by atoms with Gasteiger partial charge in [-0.15, -0.1) is 0 Å². The molecule has 0 heterocycles. The zero-order valence-corrected chi connectivity index (χ0v) is 8.64. The fourth-order valence-corrected chi connectivity index (χ4v) is 0.951. The molecular weight excluding hydrogens is 148 g/mol. The van der Waals surface area contributed by atoms with Gasteiger partial charge in [0.15, 0.2) is 5.78 Å².